The van der Waals surface area contributed by atoms with Gasteiger partial charge in [-0.3, -0.25) is 14.2 Å². The molecule has 0 fully saturated rings. The summed E-state index contributed by atoms with van der Waals surface area (Å²) in [5.74, 6) is -0.587. The van der Waals surface area contributed by atoms with E-state index in [1.54, 1.807) is 28.8 Å². The quantitative estimate of drug-likeness (QED) is 0.244. The van der Waals surface area contributed by atoms with Crippen LogP contribution in [0.15, 0.2) is 71.9 Å². The molecule has 0 aliphatic carbocycles. The highest BCUT2D eigenvalue weighted by Gasteiger charge is 2.31. The van der Waals surface area contributed by atoms with Crippen LogP contribution in [-0.4, -0.2) is 32.3 Å². The minimum Gasteiger partial charge on any atom is -0.345 e. The number of alkyl halides is 3. The zero-order valence-electron chi connectivity index (χ0n) is 20.8. The van der Waals surface area contributed by atoms with Crippen LogP contribution in [-0.2, 0) is 17.5 Å². The lowest BCUT2D eigenvalue weighted by atomic mass is 10.1. The van der Waals surface area contributed by atoms with E-state index in [-0.39, 0.29) is 28.9 Å². The lowest BCUT2D eigenvalue weighted by Gasteiger charge is -2.15. The van der Waals surface area contributed by atoms with Gasteiger partial charge in [0.2, 0.25) is 5.91 Å². The fraction of sp³-hybridized carbons (Fsp3) is 0.185. The summed E-state index contributed by atoms with van der Waals surface area (Å²) < 4.78 is 41.0. The highest BCUT2D eigenvalue weighted by molar-refractivity contribution is 7.99. The third-order valence-corrected chi connectivity index (χ3v) is 7.12. The Hall–Kier alpha value is -3.83. The normalized spacial score (nSPS) is 11.3. The van der Waals surface area contributed by atoms with Crippen LogP contribution in [0.4, 0.5) is 18.9 Å². The summed E-state index contributed by atoms with van der Waals surface area (Å²) in [4.78, 5) is 25.2. The van der Waals surface area contributed by atoms with Crippen LogP contribution in [0.2, 0.25) is 5.02 Å². The molecule has 1 heterocycles. The number of nitrogens with one attached hydrogen (secondary N) is 2. The first kappa shape index (κ1) is 28.2. The molecule has 0 aliphatic heterocycles. The van der Waals surface area contributed by atoms with Crippen LogP contribution in [0.25, 0.3) is 5.69 Å². The number of aryl methyl sites for hydroxylation is 1. The Bertz CT molecular complexity index is 1510. The number of hydrogen-bond donors (Lipinski definition) is 2. The number of carbonyl (C=O) groups is 2. The van der Waals surface area contributed by atoms with E-state index < -0.39 is 17.6 Å². The first-order valence-corrected chi connectivity index (χ1v) is 13.0. The second-order valence-corrected chi connectivity index (χ2v) is 9.88. The predicted molar refractivity (Wildman–Crippen MR) is 144 cm³/mol. The monoisotopic (exact) mass is 573 g/mol. The van der Waals surface area contributed by atoms with Crippen molar-refractivity contribution >= 4 is 40.9 Å². The van der Waals surface area contributed by atoms with Gasteiger partial charge in [0.05, 0.1) is 34.3 Å². The number of hydrogen-bond acceptors (Lipinski definition) is 5. The first-order chi connectivity index (χ1) is 18.5. The predicted octanol–water partition coefficient (Wildman–Crippen LogP) is 6.22. The number of anilines is 1. The van der Waals surface area contributed by atoms with Crippen molar-refractivity contribution in [3.05, 3.63) is 99.8 Å². The van der Waals surface area contributed by atoms with Gasteiger partial charge in [0.25, 0.3) is 5.91 Å². The molecule has 0 saturated carbocycles. The van der Waals surface area contributed by atoms with Crippen molar-refractivity contribution in [2.75, 3.05) is 11.1 Å². The average molecular weight is 574 g/mol. The summed E-state index contributed by atoms with van der Waals surface area (Å²) in [7, 11) is 0. The lowest BCUT2D eigenvalue weighted by molar-refractivity contribution is -0.137. The number of aromatic nitrogens is 3. The second kappa shape index (κ2) is 11.9. The van der Waals surface area contributed by atoms with E-state index in [1.807, 2.05) is 38.1 Å². The Kier molecular flexibility index (Phi) is 8.61. The molecule has 12 heteroatoms. The number of benzene rings is 3. The van der Waals surface area contributed by atoms with E-state index in [1.165, 1.54) is 0 Å². The molecule has 3 aromatic carbocycles. The van der Waals surface area contributed by atoms with Gasteiger partial charge in [-0.15, -0.1) is 10.2 Å². The average Bonchev–Trinajstić information content (AvgIpc) is 3.31. The SMILES string of the molecule is Cc1cccc(-n2c(CNC(=O)c3ccccc3)nnc2SCC(=O)Nc2cc(C(F)(F)F)ccc2Cl)c1C. The zero-order valence-corrected chi connectivity index (χ0v) is 22.4. The van der Waals surface area contributed by atoms with E-state index in [9.17, 15) is 22.8 Å². The Morgan fingerprint density at radius 3 is 2.46 bits per heavy atom. The molecule has 0 saturated heterocycles. The van der Waals surface area contributed by atoms with Crippen molar-refractivity contribution in [1.29, 1.82) is 0 Å². The molecule has 202 valence electrons. The van der Waals surface area contributed by atoms with Gasteiger partial charge in [-0.25, -0.2) is 0 Å². The van der Waals surface area contributed by atoms with Crippen molar-refractivity contribution in [3.63, 3.8) is 0 Å². The van der Waals surface area contributed by atoms with Crippen LogP contribution < -0.4 is 10.6 Å². The first-order valence-electron chi connectivity index (χ1n) is 11.7. The maximum absolute atomic E-state index is 13.1. The Labute approximate surface area is 231 Å². The number of halogens is 4. The van der Waals surface area contributed by atoms with Crippen molar-refractivity contribution < 1.29 is 22.8 Å². The molecule has 0 unspecified atom stereocenters. The largest absolute Gasteiger partial charge is 0.416 e. The lowest BCUT2D eigenvalue weighted by Crippen LogP contribution is -2.24. The van der Waals surface area contributed by atoms with Crippen molar-refractivity contribution in [2.45, 2.75) is 31.7 Å². The third kappa shape index (κ3) is 6.79. The molecule has 39 heavy (non-hydrogen) atoms. The maximum Gasteiger partial charge on any atom is 0.416 e. The molecule has 0 aliphatic rings. The summed E-state index contributed by atoms with van der Waals surface area (Å²) in [5.41, 5.74) is 2.18. The molecular formula is C27H23ClF3N5O2S. The number of rotatable bonds is 8. The van der Waals surface area contributed by atoms with Gasteiger partial charge >= 0.3 is 6.18 Å². The molecule has 0 spiro atoms. The number of carbonyl (C=O) groups excluding carboxylic acids is 2. The van der Waals surface area contributed by atoms with Gasteiger partial charge < -0.3 is 10.6 Å². The molecule has 7 nitrogen and oxygen atoms in total. The molecule has 2 N–H and O–H groups in total. The third-order valence-electron chi connectivity index (χ3n) is 5.86. The van der Waals surface area contributed by atoms with Crippen LogP contribution in [0.3, 0.4) is 0 Å². The summed E-state index contributed by atoms with van der Waals surface area (Å²) in [6, 6.07) is 17.2. The second-order valence-electron chi connectivity index (χ2n) is 8.53. The van der Waals surface area contributed by atoms with Gasteiger partial charge in [0, 0.05) is 5.56 Å². The van der Waals surface area contributed by atoms with Crippen LogP contribution >= 0.6 is 23.4 Å². The van der Waals surface area contributed by atoms with Gasteiger partial charge in [0.15, 0.2) is 11.0 Å². The Morgan fingerprint density at radius 1 is 1.00 bits per heavy atom. The smallest absolute Gasteiger partial charge is 0.345 e. The van der Waals surface area contributed by atoms with E-state index in [0.29, 0.717) is 16.5 Å². The number of nitrogens with zero attached hydrogens (tertiary/aromatic N) is 3. The molecule has 1 aromatic heterocycles. The molecule has 4 rings (SSSR count). The fourth-order valence-corrected chi connectivity index (χ4v) is 4.62. The van der Waals surface area contributed by atoms with Crippen molar-refractivity contribution in [2.24, 2.45) is 0 Å². The summed E-state index contributed by atoms with van der Waals surface area (Å²) in [6.07, 6.45) is -4.58. The minimum atomic E-state index is -4.58. The molecule has 0 bridgehead atoms. The molecule has 4 aromatic rings. The summed E-state index contributed by atoms with van der Waals surface area (Å²) in [5, 5.41) is 14.1. The number of amides is 2. The standard InChI is InChI=1S/C27H23ClF3N5O2S/c1-16-7-6-10-22(17(16)2)36-23(14-32-25(38)18-8-4-3-5-9-18)34-35-26(36)39-15-24(37)33-21-13-19(27(29,30)31)11-12-20(21)28/h3-13H,14-15H2,1-2H3,(H,32,38)(H,33,37). The van der Waals surface area contributed by atoms with E-state index in [2.05, 4.69) is 20.8 Å². The summed E-state index contributed by atoms with van der Waals surface area (Å²) >= 11 is 7.05. The summed E-state index contributed by atoms with van der Waals surface area (Å²) in [6.45, 7) is 3.97. The highest BCUT2D eigenvalue weighted by atomic mass is 35.5. The number of thioether (sulfide) groups is 1. The fourth-order valence-electron chi connectivity index (χ4n) is 3.69. The van der Waals surface area contributed by atoms with E-state index >= 15 is 0 Å². The molecule has 0 radical (unpaired) electrons. The molecule has 0 atom stereocenters. The Morgan fingerprint density at radius 2 is 1.74 bits per heavy atom. The van der Waals surface area contributed by atoms with Gasteiger partial charge in [-0.2, -0.15) is 13.2 Å². The van der Waals surface area contributed by atoms with E-state index in [0.717, 1.165) is 46.8 Å². The maximum atomic E-state index is 13.1. The topological polar surface area (TPSA) is 88.9 Å². The Balaban J connectivity index is 1.55. The molecule has 2 amide bonds. The van der Waals surface area contributed by atoms with E-state index in [4.69, 9.17) is 11.6 Å². The van der Waals surface area contributed by atoms with Gasteiger partial charge in [0.1, 0.15) is 0 Å². The van der Waals surface area contributed by atoms with Crippen molar-refractivity contribution in [1.82, 2.24) is 20.1 Å². The van der Waals surface area contributed by atoms with Gasteiger partial charge in [-0.05, 0) is 61.4 Å². The van der Waals surface area contributed by atoms with Crippen molar-refractivity contribution in [3.8, 4) is 5.69 Å². The van der Waals surface area contributed by atoms with Crippen LogP contribution in [0.5, 0.6) is 0 Å². The van der Waals surface area contributed by atoms with Crippen LogP contribution in [0, 0.1) is 13.8 Å². The zero-order chi connectivity index (χ0) is 28.2. The molecular weight excluding hydrogens is 551 g/mol. The van der Waals surface area contributed by atoms with Crippen LogP contribution in [0.1, 0.15) is 32.9 Å². The van der Waals surface area contributed by atoms with Gasteiger partial charge in [-0.1, -0.05) is 53.7 Å². The highest BCUT2D eigenvalue weighted by Crippen LogP contribution is 2.34. The minimum absolute atomic E-state index is 0.0173.